The van der Waals surface area contributed by atoms with Crippen LogP contribution in [0.15, 0.2) is 36.4 Å². The highest BCUT2D eigenvalue weighted by Gasteiger charge is 2.21. The number of carbonyl (C=O) groups excluding carboxylic acids is 2. The highest BCUT2D eigenvalue weighted by atomic mass is 16.6. The lowest BCUT2D eigenvalue weighted by molar-refractivity contribution is -0.384. The van der Waals surface area contributed by atoms with Crippen LogP contribution in [0.5, 0.6) is 0 Å². The Hall–Kier alpha value is -3.22. The van der Waals surface area contributed by atoms with Gasteiger partial charge in [-0.25, -0.2) is 4.79 Å². The summed E-state index contributed by atoms with van der Waals surface area (Å²) in [5.74, 6) is -0.929. The van der Waals surface area contributed by atoms with Crippen LogP contribution in [0.25, 0.3) is 0 Å². The summed E-state index contributed by atoms with van der Waals surface area (Å²) in [5.41, 5.74) is 2.25. The summed E-state index contributed by atoms with van der Waals surface area (Å²) in [6.45, 7) is 8.10. The van der Waals surface area contributed by atoms with Gasteiger partial charge >= 0.3 is 5.97 Å². The van der Waals surface area contributed by atoms with Gasteiger partial charge in [-0.2, -0.15) is 0 Å². The van der Waals surface area contributed by atoms with E-state index in [9.17, 15) is 19.7 Å². The Morgan fingerprint density at radius 1 is 1.00 bits per heavy atom. The number of ether oxygens (including phenoxy) is 1. The number of nitro groups is 1. The molecular weight excluding hydrogens is 360 g/mol. The number of non-ortho nitro benzene ring substituents is 1. The van der Waals surface area contributed by atoms with Crippen molar-refractivity contribution < 1.29 is 19.2 Å². The van der Waals surface area contributed by atoms with Gasteiger partial charge in [0.15, 0.2) is 0 Å². The zero-order valence-corrected chi connectivity index (χ0v) is 16.6. The molecule has 0 heterocycles. The quantitative estimate of drug-likeness (QED) is 0.435. The van der Waals surface area contributed by atoms with E-state index in [1.165, 1.54) is 13.2 Å². The number of nitrogens with one attached hydrogen (secondary N) is 1. The van der Waals surface area contributed by atoms with E-state index in [4.69, 9.17) is 0 Å². The fraction of sp³-hybridized carbons (Fsp3) is 0.333. The largest absolute Gasteiger partial charge is 0.465 e. The molecule has 0 saturated heterocycles. The van der Waals surface area contributed by atoms with Crippen LogP contribution in [-0.4, -0.2) is 23.9 Å². The van der Waals surface area contributed by atoms with Gasteiger partial charge < -0.3 is 10.1 Å². The van der Waals surface area contributed by atoms with Gasteiger partial charge in [-0.3, -0.25) is 14.9 Å². The van der Waals surface area contributed by atoms with Gasteiger partial charge in [-0.05, 0) is 29.0 Å². The summed E-state index contributed by atoms with van der Waals surface area (Å²) in [7, 11) is 1.18. The first-order chi connectivity index (χ1) is 13.1. The number of nitro benzene ring substituents is 1. The molecule has 0 saturated carbocycles. The van der Waals surface area contributed by atoms with Crippen molar-refractivity contribution in [3.05, 3.63) is 68.8 Å². The first kappa shape index (κ1) is 21.1. The van der Waals surface area contributed by atoms with Crippen molar-refractivity contribution in [2.75, 3.05) is 12.4 Å². The van der Waals surface area contributed by atoms with Crippen LogP contribution in [0.3, 0.4) is 0 Å². The van der Waals surface area contributed by atoms with Gasteiger partial charge in [0, 0.05) is 23.4 Å². The first-order valence-electron chi connectivity index (χ1n) is 8.97. The highest BCUT2D eigenvalue weighted by molar-refractivity contribution is 6.07. The van der Waals surface area contributed by atoms with E-state index in [0.717, 1.165) is 23.3 Å². The summed E-state index contributed by atoms with van der Waals surface area (Å²) in [4.78, 5) is 35.3. The van der Waals surface area contributed by atoms with Crippen molar-refractivity contribution in [3.8, 4) is 0 Å². The second kappa shape index (κ2) is 8.65. The van der Waals surface area contributed by atoms with Crippen molar-refractivity contribution in [1.29, 1.82) is 0 Å². The molecule has 0 aliphatic rings. The normalized spacial score (nSPS) is 10.8. The number of hydrogen-bond acceptors (Lipinski definition) is 5. The molecule has 2 aromatic carbocycles. The third-order valence-electron chi connectivity index (χ3n) is 4.42. The molecule has 0 aliphatic heterocycles. The maximum absolute atomic E-state index is 12.9. The number of methoxy groups -OCH3 is 1. The minimum Gasteiger partial charge on any atom is -0.465 e. The highest BCUT2D eigenvalue weighted by Crippen LogP contribution is 2.33. The van der Waals surface area contributed by atoms with E-state index in [1.54, 1.807) is 0 Å². The Labute approximate surface area is 163 Å². The van der Waals surface area contributed by atoms with Crippen LogP contribution >= 0.6 is 0 Å². The SMILES string of the molecule is COC(=O)c1cc(C(=O)Nc2c(C(C)C)cccc2C(C)C)cc([N+](=O)[O-])c1. The van der Waals surface area contributed by atoms with E-state index < -0.39 is 16.8 Å². The standard InChI is InChI=1S/C21H24N2O5/c1-12(2)17-7-6-8-18(13(3)4)19(17)22-20(24)14-9-15(21(25)28-5)11-16(10-14)23(26)27/h6-13H,1-5H3,(H,22,24). The molecule has 28 heavy (non-hydrogen) atoms. The number of benzene rings is 2. The summed E-state index contributed by atoms with van der Waals surface area (Å²) >= 11 is 0. The monoisotopic (exact) mass is 384 g/mol. The molecule has 0 radical (unpaired) electrons. The molecule has 0 unspecified atom stereocenters. The Kier molecular flexibility index (Phi) is 6.51. The number of esters is 1. The van der Waals surface area contributed by atoms with Gasteiger partial charge in [0.25, 0.3) is 11.6 Å². The molecule has 1 amide bonds. The van der Waals surface area contributed by atoms with Gasteiger partial charge in [0.2, 0.25) is 0 Å². The van der Waals surface area contributed by atoms with Crippen molar-refractivity contribution >= 4 is 23.3 Å². The van der Waals surface area contributed by atoms with Crippen LogP contribution in [0.4, 0.5) is 11.4 Å². The molecule has 7 heteroatoms. The van der Waals surface area contributed by atoms with Gasteiger partial charge in [0.05, 0.1) is 17.6 Å². The third kappa shape index (κ3) is 4.54. The molecule has 0 spiro atoms. The molecule has 0 aromatic heterocycles. The summed E-state index contributed by atoms with van der Waals surface area (Å²) in [6.07, 6.45) is 0. The van der Waals surface area contributed by atoms with Crippen molar-refractivity contribution in [3.63, 3.8) is 0 Å². The molecular formula is C21H24N2O5. The Bertz CT molecular complexity index is 893. The van der Waals surface area contributed by atoms with Crippen LogP contribution in [0, 0.1) is 10.1 Å². The van der Waals surface area contributed by atoms with Crippen molar-refractivity contribution in [2.24, 2.45) is 0 Å². The molecule has 0 atom stereocenters. The summed E-state index contributed by atoms with van der Waals surface area (Å²) < 4.78 is 4.63. The Morgan fingerprint density at radius 3 is 2.00 bits per heavy atom. The molecule has 2 rings (SSSR count). The molecule has 0 bridgehead atoms. The fourth-order valence-corrected chi connectivity index (χ4v) is 2.96. The summed E-state index contributed by atoms with van der Waals surface area (Å²) in [5, 5.41) is 14.1. The van der Waals surface area contributed by atoms with Crippen LogP contribution in [0.1, 0.15) is 71.4 Å². The van der Waals surface area contributed by atoms with Gasteiger partial charge in [-0.1, -0.05) is 45.9 Å². The topological polar surface area (TPSA) is 98.5 Å². The molecule has 0 fully saturated rings. The second-order valence-corrected chi connectivity index (χ2v) is 7.09. The lowest BCUT2D eigenvalue weighted by atomic mass is 9.92. The molecule has 2 aromatic rings. The third-order valence-corrected chi connectivity index (χ3v) is 4.42. The average Bonchev–Trinajstić information content (AvgIpc) is 2.66. The number of para-hydroxylation sites is 1. The zero-order chi connectivity index (χ0) is 21.0. The number of hydrogen-bond donors (Lipinski definition) is 1. The van der Waals surface area contributed by atoms with Gasteiger partial charge in [0.1, 0.15) is 0 Å². The summed E-state index contributed by atoms with van der Waals surface area (Å²) in [6, 6.07) is 9.36. The zero-order valence-electron chi connectivity index (χ0n) is 16.6. The van der Waals surface area contributed by atoms with E-state index >= 15 is 0 Å². The predicted octanol–water partition coefficient (Wildman–Crippen LogP) is 4.88. The lowest BCUT2D eigenvalue weighted by Crippen LogP contribution is -2.17. The lowest BCUT2D eigenvalue weighted by Gasteiger charge is -2.20. The maximum Gasteiger partial charge on any atom is 0.338 e. The number of nitrogens with zero attached hydrogens (tertiary/aromatic N) is 1. The van der Waals surface area contributed by atoms with Crippen LogP contribution in [0.2, 0.25) is 0 Å². The molecule has 148 valence electrons. The molecule has 1 N–H and O–H groups in total. The number of carbonyl (C=O) groups is 2. The fourth-order valence-electron chi connectivity index (χ4n) is 2.96. The number of rotatable bonds is 6. The Morgan fingerprint density at radius 2 is 1.54 bits per heavy atom. The molecule has 7 nitrogen and oxygen atoms in total. The Balaban J connectivity index is 2.52. The molecule has 0 aliphatic carbocycles. The number of anilines is 1. The van der Waals surface area contributed by atoms with Crippen molar-refractivity contribution in [1.82, 2.24) is 0 Å². The minimum atomic E-state index is -0.747. The van der Waals surface area contributed by atoms with E-state index in [0.29, 0.717) is 5.69 Å². The van der Waals surface area contributed by atoms with E-state index in [-0.39, 0.29) is 28.7 Å². The van der Waals surface area contributed by atoms with Crippen LogP contribution in [-0.2, 0) is 4.74 Å². The van der Waals surface area contributed by atoms with E-state index in [1.807, 2.05) is 45.9 Å². The minimum absolute atomic E-state index is 0.0165. The first-order valence-corrected chi connectivity index (χ1v) is 8.97. The smallest absolute Gasteiger partial charge is 0.338 e. The average molecular weight is 384 g/mol. The maximum atomic E-state index is 12.9. The van der Waals surface area contributed by atoms with Crippen LogP contribution < -0.4 is 5.32 Å². The van der Waals surface area contributed by atoms with Gasteiger partial charge in [-0.15, -0.1) is 0 Å². The number of amides is 1. The van der Waals surface area contributed by atoms with E-state index in [2.05, 4.69) is 10.1 Å². The second-order valence-electron chi connectivity index (χ2n) is 7.09. The predicted molar refractivity (Wildman–Crippen MR) is 107 cm³/mol. The van der Waals surface area contributed by atoms with Crippen molar-refractivity contribution in [2.45, 2.75) is 39.5 Å².